The Kier molecular flexibility index (Phi) is 5.00. The van der Waals surface area contributed by atoms with Crippen LogP contribution in [0.15, 0.2) is 42.5 Å². The predicted octanol–water partition coefficient (Wildman–Crippen LogP) is 2.79. The molecule has 1 fully saturated rings. The monoisotopic (exact) mass is 398 g/mol. The Hall–Kier alpha value is -3.29. The second-order valence-electron chi connectivity index (χ2n) is 7.05. The molecular formula is C21H20F2N4O2. The van der Waals surface area contributed by atoms with Crippen LogP contribution in [0.2, 0.25) is 0 Å². The van der Waals surface area contributed by atoms with E-state index in [9.17, 15) is 18.4 Å². The molecule has 1 aliphatic heterocycles. The van der Waals surface area contributed by atoms with Gasteiger partial charge in [0.1, 0.15) is 23.4 Å². The van der Waals surface area contributed by atoms with Gasteiger partial charge in [-0.15, -0.1) is 0 Å². The molecule has 3 aromatic rings. The first kappa shape index (κ1) is 19.0. The summed E-state index contributed by atoms with van der Waals surface area (Å²) in [5, 5.41) is 2.80. The maximum atomic E-state index is 13.4. The molecule has 2 amide bonds. The second kappa shape index (κ2) is 7.62. The van der Waals surface area contributed by atoms with Crippen molar-refractivity contribution >= 4 is 28.5 Å². The lowest BCUT2D eigenvalue weighted by molar-refractivity contribution is -0.132. The summed E-state index contributed by atoms with van der Waals surface area (Å²) in [7, 11) is 0. The van der Waals surface area contributed by atoms with Gasteiger partial charge in [0, 0.05) is 31.4 Å². The molecule has 1 aliphatic rings. The number of nitrogens with zero attached hydrogens (tertiary/aromatic N) is 3. The Morgan fingerprint density at radius 3 is 2.69 bits per heavy atom. The number of aryl methyl sites for hydroxylation is 1. The molecular weight excluding hydrogens is 378 g/mol. The number of nitrogens with one attached hydrogen (secondary N) is 1. The first-order valence-corrected chi connectivity index (χ1v) is 9.41. The summed E-state index contributed by atoms with van der Waals surface area (Å²) >= 11 is 0. The zero-order chi connectivity index (χ0) is 20.5. The van der Waals surface area contributed by atoms with Crippen molar-refractivity contribution in [3.05, 3.63) is 59.9 Å². The fraction of sp³-hybridized carbons (Fsp3) is 0.286. The van der Waals surface area contributed by atoms with Crippen molar-refractivity contribution in [1.82, 2.24) is 14.9 Å². The van der Waals surface area contributed by atoms with E-state index < -0.39 is 23.5 Å². The zero-order valence-corrected chi connectivity index (χ0v) is 15.9. The van der Waals surface area contributed by atoms with E-state index in [1.165, 1.54) is 4.90 Å². The molecule has 0 saturated carbocycles. The molecule has 29 heavy (non-hydrogen) atoms. The number of hydrogen-bond donors (Lipinski definition) is 1. The quantitative estimate of drug-likeness (QED) is 0.672. The molecule has 1 atom stereocenters. The summed E-state index contributed by atoms with van der Waals surface area (Å²) in [5.41, 5.74) is 2.00. The Morgan fingerprint density at radius 1 is 1.21 bits per heavy atom. The van der Waals surface area contributed by atoms with E-state index >= 15 is 0 Å². The molecule has 0 radical (unpaired) electrons. The number of carbonyl (C=O) groups is 2. The second-order valence-corrected chi connectivity index (χ2v) is 7.05. The highest BCUT2D eigenvalue weighted by molar-refractivity contribution is 6.09. The maximum Gasteiger partial charge on any atom is 0.239 e. The number of anilines is 1. The van der Waals surface area contributed by atoms with E-state index in [1.807, 2.05) is 35.8 Å². The number of imidazole rings is 1. The van der Waals surface area contributed by atoms with E-state index in [0.717, 1.165) is 35.1 Å². The number of aromatic nitrogens is 2. The van der Waals surface area contributed by atoms with Crippen molar-refractivity contribution in [3.8, 4) is 0 Å². The van der Waals surface area contributed by atoms with E-state index in [4.69, 9.17) is 0 Å². The molecule has 1 N–H and O–H groups in total. The SMILES string of the molecule is Cc1nc2ccccc2n1CCNC(=O)C1CCN(c2cc(F)cc(F)c2)C1=O. The summed E-state index contributed by atoms with van der Waals surface area (Å²) in [5.74, 6) is -2.36. The number of rotatable bonds is 5. The van der Waals surface area contributed by atoms with Crippen LogP contribution in [0.3, 0.4) is 0 Å². The molecule has 2 aromatic carbocycles. The van der Waals surface area contributed by atoms with Gasteiger partial charge in [0.05, 0.1) is 11.0 Å². The fourth-order valence-corrected chi connectivity index (χ4v) is 3.77. The zero-order valence-electron chi connectivity index (χ0n) is 15.9. The van der Waals surface area contributed by atoms with Crippen LogP contribution in [0, 0.1) is 24.5 Å². The molecule has 0 spiro atoms. The number of fused-ring (bicyclic) bond motifs is 1. The van der Waals surface area contributed by atoms with Gasteiger partial charge < -0.3 is 14.8 Å². The fourth-order valence-electron chi connectivity index (χ4n) is 3.77. The third-order valence-electron chi connectivity index (χ3n) is 5.16. The average Bonchev–Trinajstić information content (AvgIpc) is 3.21. The van der Waals surface area contributed by atoms with E-state index in [-0.39, 0.29) is 18.1 Å². The van der Waals surface area contributed by atoms with Crippen LogP contribution in [0.1, 0.15) is 12.2 Å². The van der Waals surface area contributed by atoms with Gasteiger partial charge in [0.2, 0.25) is 11.8 Å². The highest BCUT2D eigenvalue weighted by Gasteiger charge is 2.37. The van der Waals surface area contributed by atoms with Crippen molar-refractivity contribution in [2.24, 2.45) is 5.92 Å². The summed E-state index contributed by atoms with van der Waals surface area (Å²) in [6.07, 6.45) is 0.301. The third kappa shape index (κ3) is 3.70. The van der Waals surface area contributed by atoms with Crippen LogP contribution in [-0.4, -0.2) is 34.5 Å². The smallest absolute Gasteiger partial charge is 0.239 e. The largest absolute Gasteiger partial charge is 0.354 e. The Labute approximate surface area is 166 Å². The Morgan fingerprint density at radius 2 is 1.93 bits per heavy atom. The van der Waals surface area contributed by atoms with Gasteiger partial charge >= 0.3 is 0 Å². The lowest BCUT2D eigenvalue weighted by atomic mass is 10.1. The first-order valence-electron chi connectivity index (χ1n) is 9.41. The van der Waals surface area contributed by atoms with Crippen LogP contribution in [-0.2, 0) is 16.1 Å². The van der Waals surface area contributed by atoms with Crippen LogP contribution in [0.4, 0.5) is 14.5 Å². The Balaban J connectivity index is 1.39. The van der Waals surface area contributed by atoms with Crippen LogP contribution >= 0.6 is 0 Å². The van der Waals surface area contributed by atoms with Crippen LogP contribution < -0.4 is 10.2 Å². The average molecular weight is 398 g/mol. The summed E-state index contributed by atoms with van der Waals surface area (Å²) in [4.78, 5) is 30.8. The van der Waals surface area contributed by atoms with Crippen LogP contribution in [0.25, 0.3) is 11.0 Å². The molecule has 150 valence electrons. The first-order chi connectivity index (χ1) is 13.9. The van der Waals surface area contributed by atoms with E-state index in [2.05, 4.69) is 10.3 Å². The summed E-state index contributed by atoms with van der Waals surface area (Å²) < 4.78 is 28.9. The van der Waals surface area contributed by atoms with E-state index in [1.54, 1.807) is 0 Å². The molecule has 1 aromatic heterocycles. The molecule has 1 saturated heterocycles. The van der Waals surface area contributed by atoms with Crippen molar-refractivity contribution in [2.75, 3.05) is 18.0 Å². The van der Waals surface area contributed by atoms with Gasteiger partial charge in [-0.3, -0.25) is 9.59 Å². The van der Waals surface area contributed by atoms with Gasteiger partial charge in [-0.1, -0.05) is 12.1 Å². The Bertz CT molecular complexity index is 1080. The molecule has 6 nitrogen and oxygen atoms in total. The number of amides is 2. The minimum absolute atomic E-state index is 0.128. The number of halogens is 2. The third-order valence-corrected chi connectivity index (χ3v) is 5.16. The van der Waals surface area contributed by atoms with Gasteiger partial charge in [0.15, 0.2) is 0 Å². The molecule has 4 rings (SSSR count). The minimum atomic E-state index is -0.859. The van der Waals surface area contributed by atoms with Gasteiger partial charge in [0.25, 0.3) is 0 Å². The van der Waals surface area contributed by atoms with E-state index in [0.29, 0.717) is 19.5 Å². The normalized spacial score (nSPS) is 16.6. The molecule has 2 heterocycles. The molecule has 1 unspecified atom stereocenters. The van der Waals surface area contributed by atoms with Gasteiger partial charge in [-0.05, 0) is 37.6 Å². The summed E-state index contributed by atoms with van der Waals surface area (Å²) in [6, 6.07) is 10.7. The molecule has 8 heteroatoms. The van der Waals surface area contributed by atoms with Crippen molar-refractivity contribution in [3.63, 3.8) is 0 Å². The number of benzene rings is 2. The standard InChI is InChI=1S/C21H20F2N4O2/c1-13-25-18-4-2-3-5-19(18)26(13)9-7-24-20(28)17-6-8-27(21(17)29)16-11-14(22)10-15(23)12-16/h2-5,10-12,17H,6-9H2,1H3,(H,24,28). The van der Waals surface area contributed by atoms with Gasteiger partial charge in [-0.2, -0.15) is 0 Å². The van der Waals surface area contributed by atoms with Crippen molar-refractivity contribution in [2.45, 2.75) is 19.9 Å². The van der Waals surface area contributed by atoms with Crippen molar-refractivity contribution < 1.29 is 18.4 Å². The van der Waals surface area contributed by atoms with Crippen molar-refractivity contribution in [1.29, 1.82) is 0 Å². The maximum absolute atomic E-state index is 13.4. The number of para-hydroxylation sites is 2. The predicted molar refractivity (Wildman–Crippen MR) is 104 cm³/mol. The highest BCUT2D eigenvalue weighted by atomic mass is 19.1. The lowest BCUT2D eigenvalue weighted by Crippen LogP contribution is -2.38. The molecule has 0 bridgehead atoms. The highest BCUT2D eigenvalue weighted by Crippen LogP contribution is 2.27. The summed E-state index contributed by atoms with van der Waals surface area (Å²) in [6.45, 7) is 3.01. The lowest BCUT2D eigenvalue weighted by Gasteiger charge is -2.17. The number of hydrogen-bond acceptors (Lipinski definition) is 3. The van der Waals surface area contributed by atoms with Gasteiger partial charge in [-0.25, -0.2) is 13.8 Å². The minimum Gasteiger partial charge on any atom is -0.354 e. The van der Waals surface area contributed by atoms with Crippen LogP contribution in [0.5, 0.6) is 0 Å². The molecule has 0 aliphatic carbocycles. The topological polar surface area (TPSA) is 67.2 Å². The number of carbonyl (C=O) groups excluding carboxylic acids is 2.